The van der Waals surface area contributed by atoms with E-state index in [1.807, 2.05) is 26.1 Å². The second-order valence-corrected chi connectivity index (χ2v) is 12.2. The van der Waals surface area contributed by atoms with Crippen molar-refractivity contribution in [1.29, 1.82) is 0 Å². The van der Waals surface area contributed by atoms with Crippen LogP contribution in [-0.2, 0) is 0 Å². The molecule has 258 valence electrons. The van der Waals surface area contributed by atoms with Crippen molar-refractivity contribution in [3.8, 4) is 11.4 Å². The van der Waals surface area contributed by atoms with Gasteiger partial charge < -0.3 is 9.13 Å². The van der Waals surface area contributed by atoms with Crippen LogP contribution in [0.2, 0.25) is 0 Å². The maximum Gasteiger partial charge on any atom is 0.109 e. The van der Waals surface area contributed by atoms with E-state index in [-0.39, 0.29) is 0 Å². The van der Waals surface area contributed by atoms with Gasteiger partial charge in [-0.3, -0.25) is 4.98 Å². The Labute approximate surface area is 303 Å². The second-order valence-electron chi connectivity index (χ2n) is 12.2. The summed E-state index contributed by atoms with van der Waals surface area (Å²) in [5, 5.41) is 3.68. The van der Waals surface area contributed by atoms with Crippen LogP contribution in [0.3, 0.4) is 0 Å². The van der Waals surface area contributed by atoms with E-state index in [9.17, 15) is 0 Å². The Hall–Kier alpha value is -5.74. The quantitative estimate of drug-likeness (QED) is 0.111. The number of hydrogen-bond donors (Lipinski definition) is 0. The van der Waals surface area contributed by atoms with Gasteiger partial charge in [-0.05, 0) is 68.7 Å². The third-order valence-electron chi connectivity index (χ3n) is 8.69. The minimum absolute atomic E-state index is 0.899. The molecule has 3 aromatic heterocycles. The van der Waals surface area contributed by atoms with E-state index >= 15 is 0 Å². The molecule has 0 saturated heterocycles. The second kappa shape index (κ2) is 17.8. The first-order valence-corrected chi connectivity index (χ1v) is 18.2. The average molecular weight is 671 g/mol. The molecule has 0 saturated carbocycles. The first-order chi connectivity index (χ1) is 25.0. The van der Waals surface area contributed by atoms with Crippen molar-refractivity contribution >= 4 is 44.1 Å². The maximum atomic E-state index is 5.33. The minimum Gasteiger partial charge on any atom is -0.316 e. The van der Waals surface area contributed by atoms with Gasteiger partial charge in [0, 0.05) is 40.0 Å². The van der Waals surface area contributed by atoms with Crippen LogP contribution in [0.4, 0.5) is 5.69 Å². The molecule has 0 atom stereocenters. The number of aromatic nitrogens is 3. The zero-order valence-corrected chi connectivity index (χ0v) is 31.0. The highest BCUT2D eigenvalue weighted by Gasteiger charge is 2.20. The molecule has 4 nitrogen and oxygen atoms in total. The van der Waals surface area contributed by atoms with Crippen LogP contribution in [0.15, 0.2) is 163 Å². The number of allylic oxidation sites excluding steroid dienone is 5. The highest BCUT2D eigenvalue weighted by atomic mass is 15.0. The summed E-state index contributed by atoms with van der Waals surface area (Å²) in [5.41, 5.74) is 11.0. The third kappa shape index (κ3) is 8.02. The van der Waals surface area contributed by atoms with Crippen molar-refractivity contribution in [3.63, 3.8) is 0 Å². The number of aliphatic imine (C=N–C) groups is 1. The Bertz CT molecular complexity index is 2300. The summed E-state index contributed by atoms with van der Waals surface area (Å²) in [5.74, 6) is 0. The van der Waals surface area contributed by atoms with Gasteiger partial charge in [-0.25, -0.2) is 4.99 Å². The van der Waals surface area contributed by atoms with Gasteiger partial charge in [0.15, 0.2) is 0 Å². The predicted octanol–water partition coefficient (Wildman–Crippen LogP) is 13.5. The van der Waals surface area contributed by atoms with Crippen LogP contribution >= 0.6 is 0 Å². The summed E-state index contributed by atoms with van der Waals surface area (Å²) in [6, 6.07) is 38.6. The lowest BCUT2D eigenvalue weighted by molar-refractivity contribution is 0.990. The van der Waals surface area contributed by atoms with Crippen LogP contribution in [0.5, 0.6) is 0 Å². The molecule has 0 aliphatic carbocycles. The molecule has 0 bridgehead atoms. The van der Waals surface area contributed by atoms with Crippen molar-refractivity contribution in [1.82, 2.24) is 14.1 Å². The Kier molecular flexibility index (Phi) is 12.7. The smallest absolute Gasteiger partial charge is 0.109 e. The summed E-state index contributed by atoms with van der Waals surface area (Å²) in [4.78, 5) is 10.0. The molecule has 0 aliphatic rings. The molecule has 0 aliphatic heterocycles. The number of pyridine rings is 1. The van der Waals surface area contributed by atoms with E-state index in [1.165, 1.54) is 27.2 Å². The van der Waals surface area contributed by atoms with Crippen molar-refractivity contribution in [2.75, 3.05) is 0 Å². The van der Waals surface area contributed by atoms with Crippen LogP contribution < -0.4 is 0 Å². The fourth-order valence-electron chi connectivity index (χ4n) is 6.42. The molecule has 3 heterocycles. The first-order valence-electron chi connectivity index (χ1n) is 18.2. The van der Waals surface area contributed by atoms with Crippen molar-refractivity contribution in [3.05, 3.63) is 169 Å². The largest absolute Gasteiger partial charge is 0.316 e. The maximum absolute atomic E-state index is 5.33. The van der Waals surface area contributed by atoms with Crippen LogP contribution in [0, 0.1) is 6.92 Å². The summed E-state index contributed by atoms with van der Waals surface area (Å²) >= 11 is 0. The number of rotatable bonds is 9. The van der Waals surface area contributed by atoms with Gasteiger partial charge >= 0.3 is 0 Å². The van der Waals surface area contributed by atoms with Gasteiger partial charge in [0.2, 0.25) is 0 Å². The molecule has 0 spiro atoms. The summed E-state index contributed by atoms with van der Waals surface area (Å²) in [7, 11) is 0. The normalized spacial score (nSPS) is 11.8. The Morgan fingerprint density at radius 3 is 2.24 bits per heavy atom. The molecule has 0 N–H and O–H groups in total. The topological polar surface area (TPSA) is 35.1 Å². The van der Waals surface area contributed by atoms with Crippen LogP contribution in [-0.4, -0.2) is 19.8 Å². The number of fused-ring (bicyclic) bond motifs is 5. The third-order valence-corrected chi connectivity index (χ3v) is 8.69. The Balaban J connectivity index is 0.000000403. The predicted molar refractivity (Wildman–Crippen MR) is 222 cm³/mol. The van der Waals surface area contributed by atoms with Gasteiger partial charge in [0.25, 0.3) is 0 Å². The lowest BCUT2D eigenvalue weighted by Crippen LogP contribution is -2.03. The zero-order valence-electron chi connectivity index (χ0n) is 31.0. The molecular weight excluding hydrogens is 621 g/mol. The van der Waals surface area contributed by atoms with E-state index < -0.39 is 0 Å². The summed E-state index contributed by atoms with van der Waals surface area (Å²) < 4.78 is 4.68. The molecule has 0 unspecified atom stereocenters. The van der Waals surface area contributed by atoms with E-state index in [2.05, 4.69) is 176 Å². The molecule has 4 aromatic carbocycles. The van der Waals surface area contributed by atoms with E-state index in [0.29, 0.717) is 0 Å². The molecule has 7 rings (SSSR count). The molecule has 4 heteroatoms. The van der Waals surface area contributed by atoms with E-state index in [4.69, 9.17) is 4.99 Å². The fraction of sp³-hybridized carbons (Fsp3) is 0.191. The zero-order chi connectivity index (χ0) is 36.2. The molecular formula is C47H50N4. The fourth-order valence-corrected chi connectivity index (χ4v) is 6.42. The molecule has 0 radical (unpaired) electrons. The van der Waals surface area contributed by atoms with E-state index in [1.54, 1.807) is 6.08 Å². The molecule has 7 aromatic rings. The van der Waals surface area contributed by atoms with Crippen molar-refractivity contribution < 1.29 is 0 Å². The number of nitrogens with zero attached hydrogens (tertiary/aromatic N) is 4. The number of hydrogen-bond acceptors (Lipinski definition) is 2. The van der Waals surface area contributed by atoms with Crippen molar-refractivity contribution in [2.45, 2.75) is 60.8 Å². The Morgan fingerprint density at radius 2 is 1.53 bits per heavy atom. The highest BCUT2D eigenvalue weighted by molar-refractivity contribution is 6.21. The van der Waals surface area contributed by atoms with Gasteiger partial charge in [0.05, 0.1) is 27.9 Å². The van der Waals surface area contributed by atoms with Gasteiger partial charge in [-0.15, -0.1) is 0 Å². The first kappa shape index (κ1) is 36.5. The standard InChI is InChI=1S/C36H30N4.C9H14.C2H6/c1-3-12-30(26-13-6-4-7-14-26)38-35-25(2)37-23-21-33(35)40-31-18-11-10-17-29(31)34-32(40)20-19-27-22-24-39(36(27)34)28-15-8-5-9-16-28;1-4-6-8-9(3)7-5-2;1-2/h4-11,13-24H,3,12H2,1-2H3;5-8H,2,4H2,1,3H3;1-2H3/b;8-6-,9-7-;. The molecule has 0 fully saturated rings. The lowest BCUT2D eigenvalue weighted by Gasteiger charge is -2.14. The van der Waals surface area contributed by atoms with Gasteiger partial charge in [-0.2, -0.15) is 0 Å². The van der Waals surface area contributed by atoms with E-state index in [0.717, 1.165) is 64.3 Å². The van der Waals surface area contributed by atoms with Crippen LogP contribution in [0.25, 0.3) is 44.1 Å². The lowest BCUT2D eigenvalue weighted by atomic mass is 10.1. The molecule has 51 heavy (non-hydrogen) atoms. The number of para-hydroxylation sites is 2. The molecule has 0 amide bonds. The van der Waals surface area contributed by atoms with Gasteiger partial charge in [-0.1, -0.05) is 143 Å². The summed E-state index contributed by atoms with van der Waals surface area (Å²) in [6.07, 6.45) is 15.1. The monoisotopic (exact) mass is 670 g/mol. The summed E-state index contributed by atoms with van der Waals surface area (Å²) in [6.45, 7) is 16.0. The number of benzene rings is 4. The highest BCUT2D eigenvalue weighted by Crippen LogP contribution is 2.40. The van der Waals surface area contributed by atoms with Crippen LogP contribution in [0.1, 0.15) is 65.1 Å². The minimum atomic E-state index is 0.899. The Morgan fingerprint density at radius 1 is 0.824 bits per heavy atom. The average Bonchev–Trinajstić information content (AvgIpc) is 3.76. The van der Waals surface area contributed by atoms with Gasteiger partial charge in [0.1, 0.15) is 5.69 Å². The SMILES string of the molecule is C=C/C=C(C)\C=C/CC.CC.CCCC(=Nc1c(-n2c3ccccc3c3c4c(ccc32)ccn4-c2ccccc2)ccnc1C)c1ccccc1. The number of aryl methyl sites for hydroxylation is 1. The van der Waals surface area contributed by atoms with Crippen molar-refractivity contribution in [2.24, 2.45) is 4.99 Å².